The summed E-state index contributed by atoms with van der Waals surface area (Å²) in [6, 6.07) is 8.25. The van der Waals surface area contributed by atoms with Gasteiger partial charge in [0.25, 0.3) is 5.91 Å². The van der Waals surface area contributed by atoms with Gasteiger partial charge in [0, 0.05) is 36.1 Å². The number of nitrogens with one attached hydrogen (secondary N) is 1. The lowest BCUT2D eigenvalue weighted by molar-refractivity contribution is 0.0909. The van der Waals surface area contributed by atoms with E-state index in [2.05, 4.69) is 25.4 Å². The summed E-state index contributed by atoms with van der Waals surface area (Å²) in [5.41, 5.74) is 0.759. The zero-order valence-electron chi connectivity index (χ0n) is 13.0. The molecule has 0 radical (unpaired) electrons. The summed E-state index contributed by atoms with van der Waals surface area (Å²) in [5, 5.41) is 5.32. The van der Waals surface area contributed by atoms with Crippen LogP contribution in [0.15, 0.2) is 40.6 Å². The average molecular weight is 348 g/mol. The van der Waals surface area contributed by atoms with Crippen molar-refractivity contribution < 1.29 is 4.79 Å². The molecule has 2 bridgehead atoms. The SMILES string of the molecule is O=C(N[C@@H]1C[C@H]2CCN(C2)C1)c1ccc(SN2CC=CS2)cc1. The highest BCUT2D eigenvalue weighted by Gasteiger charge is 2.32. The summed E-state index contributed by atoms with van der Waals surface area (Å²) in [4.78, 5) is 16.1. The molecule has 2 fully saturated rings. The lowest BCUT2D eigenvalue weighted by Crippen LogP contribution is -2.47. The van der Waals surface area contributed by atoms with E-state index in [0.717, 1.165) is 31.0 Å². The molecular weight excluding hydrogens is 326 g/mol. The van der Waals surface area contributed by atoms with Gasteiger partial charge in [0.2, 0.25) is 0 Å². The van der Waals surface area contributed by atoms with Gasteiger partial charge in [0.15, 0.2) is 0 Å². The second-order valence-corrected chi connectivity index (χ2v) is 8.68. The third-order valence-corrected chi connectivity index (χ3v) is 6.67. The Balaban J connectivity index is 1.33. The van der Waals surface area contributed by atoms with Crippen molar-refractivity contribution in [2.75, 3.05) is 26.2 Å². The Hall–Kier alpha value is -0.950. The molecule has 0 aliphatic carbocycles. The van der Waals surface area contributed by atoms with Gasteiger partial charge in [-0.15, -0.1) is 0 Å². The molecule has 1 aromatic rings. The number of carbonyl (C=O) groups excluding carboxylic acids is 1. The topological polar surface area (TPSA) is 35.6 Å². The third-order valence-electron chi connectivity index (χ3n) is 4.65. The first-order valence-electron chi connectivity index (χ1n) is 8.17. The molecule has 0 saturated carbocycles. The molecular formula is C17H21N3OS2. The fourth-order valence-electron chi connectivity index (χ4n) is 3.56. The first-order chi connectivity index (χ1) is 11.3. The summed E-state index contributed by atoms with van der Waals surface area (Å²) < 4.78 is 2.21. The summed E-state index contributed by atoms with van der Waals surface area (Å²) in [6.07, 6.45) is 4.57. The van der Waals surface area contributed by atoms with Gasteiger partial charge >= 0.3 is 0 Å². The number of amides is 1. The highest BCUT2D eigenvalue weighted by Crippen LogP contribution is 2.33. The molecule has 3 aliphatic heterocycles. The first-order valence-corrected chi connectivity index (χ1v) is 9.78. The van der Waals surface area contributed by atoms with E-state index in [0.29, 0.717) is 6.04 Å². The molecule has 122 valence electrons. The lowest BCUT2D eigenvalue weighted by Gasteiger charge is -2.30. The van der Waals surface area contributed by atoms with Crippen LogP contribution in [0.2, 0.25) is 0 Å². The molecule has 6 heteroatoms. The van der Waals surface area contributed by atoms with E-state index in [-0.39, 0.29) is 5.91 Å². The Morgan fingerprint density at radius 2 is 2.13 bits per heavy atom. The molecule has 3 aliphatic rings. The largest absolute Gasteiger partial charge is 0.348 e. The molecule has 1 amide bonds. The Bertz CT molecular complexity index is 584. The van der Waals surface area contributed by atoms with Gasteiger partial charge < -0.3 is 10.2 Å². The van der Waals surface area contributed by atoms with E-state index in [1.807, 2.05) is 24.3 Å². The van der Waals surface area contributed by atoms with Gasteiger partial charge in [-0.1, -0.05) is 6.08 Å². The smallest absolute Gasteiger partial charge is 0.251 e. The Kier molecular flexibility index (Phi) is 4.66. The number of hydrogen-bond acceptors (Lipinski definition) is 5. The van der Waals surface area contributed by atoms with E-state index in [4.69, 9.17) is 0 Å². The molecule has 23 heavy (non-hydrogen) atoms. The van der Waals surface area contributed by atoms with Crippen molar-refractivity contribution in [3.63, 3.8) is 0 Å². The zero-order chi connectivity index (χ0) is 15.6. The Morgan fingerprint density at radius 3 is 2.87 bits per heavy atom. The van der Waals surface area contributed by atoms with Crippen molar-refractivity contribution in [2.45, 2.75) is 23.8 Å². The van der Waals surface area contributed by atoms with Crippen molar-refractivity contribution in [1.29, 1.82) is 0 Å². The van der Waals surface area contributed by atoms with Crippen LogP contribution in [0.4, 0.5) is 0 Å². The predicted octanol–water partition coefficient (Wildman–Crippen LogP) is 3.00. The van der Waals surface area contributed by atoms with Crippen molar-refractivity contribution in [2.24, 2.45) is 5.92 Å². The Labute approximate surface area is 145 Å². The van der Waals surface area contributed by atoms with Crippen LogP contribution in [-0.2, 0) is 0 Å². The van der Waals surface area contributed by atoms with Gasteiger partial charge in [0.1, 0.15) is 0 Å². The fourth-order valence-corrected chi connectivity index (χ4v) is 5.27. The highest BCUT2D eigenvalue weighted by molar-refractivity contribution is 8.13. The third kappa shape index (κ3) is 3.76. The van der Waals surface area contributed by atoms with E-state index in [9.17, 15) is 4.79 Å². The zero-order valence-corrected chi connectivity index (χ0v) is 14.6. The summed E-state index contributed by atoms with van der Waals surface area (Å²) >= 11 is 3.42. The first kappa shape index (κ1) is 15.6. The maximum absolute atomic E-state index is 12.4. The molecule has 4 nitrogen and oxygen atoms in total. The monoisotopic (exact) mass is 347 g/mol. The van der Waals surface area contributed by atoms with Crippen molar-refractivity contribution in [1.82, 2.24) is 13.9 Å². The Morgan fingerprint density at radius 1 is 1.26 bits per heavy atom. The standard InChI is InChI=1S/C17H21N3OS2/c21-17(18-15-10-13-6-8-19(11-13)12-15)14-2-4-16(5-3-14)23-20-7-1-9-22-20/h1-5,9,13,15H,6-8,10-12H2,(H,18,21)/t13-,15-/m1/s1. The number of rotatable bonds is 4. The number of hydrogen-bond donors (Lipinski definition) is 1. The minimum absolute atomic E-state index is 0.0614. The summed E-state index contributed by atoms with van der Waals surface area (Å²) in [6.45, 7) is 4.39. The summed E-state index contributed by atoms with van der Waals surface area (Å²) in [7, 11) is 0. The van der Waals surface area contributed by atoms with Crippen LogP contribution in [0.1, 0.15) is 23.2 Å². The van der Waals surface area contributed by atoms with Gasteiger partial charge in [-0.3, -0.25) is 4.79 Å². The second kappa shape index (κ2) is 6.89. The molecule has 1 aromatic carbocycles. The number of nitrogens with zero attached hydrogens (tertiary/aromatic N) is 2. The second-order valence-electron chi connectivity index (χ2n) is 6.43. The van der Waals surface area contributed by atoms with E-state index in [1.54, 1.807) is 23.9 Å². The predicted molar refractivity (Wildman–Crippen MR) is 96.2 cm³/mol. The van der Waals surface area contributed by atoms with Crippen molar-refractivity contribution in [3.8, 4) is 0 Å². The minimum Gasteiger partial charge on any atom is -0.348 e. The number of piperidine rings is 1. The van der Waals surface area contributed by atoms with Crippen LogP contribution < -0.4 is 5.32 Å². The van der Waals surface area contributed by atoms with Crippen LogP contribution in [0.3, 0.4) is 0 Å². The van der Waals surface area contributed by atoms with E-state index >= 15 is 0 Å². The molecule has 4 rings (SSSR count). The maximum Gasteiger partial charge on any atom is 0.251 e. The molecule has 1 N–H and O–H groups in total. The van der Waals surface area contributed by atoms with Gasteiger partial charge in [-0.2, -0.15) is 3.71 Å². The van der Waals surface area contributed by atoms with E-state index in [1.165, 1.54) is 24.4 Å². The van der Waals surface area contributed by atoms with Crippen LogP contribution in [-0.4, -0.2) is 46.7 Å². The van der Waals surface area contributed by atoms with Crippen LogP contribution in [0.25, 0.3) is 0 Å². The average Bonchev–Trinajstić information content (AvgIpc) is 3.18. The normalized spacial score (nSPS) is 29.8. The minimum atomic E-state index is 0.0614. The van der Waals surface area contributed by atoms with Crippen molar-refractivity contribution in [3.05, 3.63) is 41.3 Å². The number of benzene rings is 1. The fraction of sp³-hybridized carbons (Fsp3) is 0.471. The number of fused-ring (bicyclic) bond motifs is 2. The van der Waals surface area contributed by atoms with Crippen LogP contribution in [0.5, 0.6) is 0 Å². The van der Waals surface area contributed by atoms with E-state index < -0.39 is 0 Å². The number of carbonyl (C=O) groups is 1. The van der Waals surface area contributed by atoms with Crippen LogP contribution >= 0.6 is 23.9 Å². The van der Waals surface area contributed by atoms with Crippen LogP contribution in [0, 0.1) is 5.92 Å². The molecule has 0 aromatic heterocycles. The molecule has 2 saturated heterocycles. The van der Waals surface area contributed by atoms with Crippen molar-refractivity contribution >= 4 is 29.8 Å². The molecule has 1 unspecified atom stereocenters. The van der Waals surface area contributed by atoms with Gasteiger partial charge in [-0.05, 0) is 78.9 Å². The summed E-state index contributed by atoms with van der Waals surface area (Å²) in [5.74, 6) is 0.839. The highest BCUT2D eigenvalue weighted by atomic mass is 32.2. The lowest BCUT2D eigenvalue weighted by atomic mass is 9.96. The maximum atomic E-state index is 12.4. The van der Waals surface area contributed by atoms with Gasteiger partial charge in [-0.25, -0.2) is 0 Å². The molecule has 3 heterocycles. The quantitative estimate of drug-likeness (QED) is 0.847. The van der Waals surface area contributed by atoms with Gasteiger partial charge in [0.05, 0.1) is 0 Å². The molecule has 3 atom stereocenters. The molecule has 0 spiro atoms.